The molecule has 0 saturated heterocycles. The first kappa shape index (κ1) is 22.1. The Morgan fingerprint density at radius 3 is 2.24 bits per heavy atom. The summed E-state index contributed by atoms with van der Waals surface area (Å²) in [5.41, 5.74) is -2.62. The Morgan fingerprint density at radius 1 is 0.941 bits per heavy atom. The molecule has 1 N–H and O–H groups in total. The van der Waals surface area contributed by atoms with Gasteiger partial charge in [0, 0.05) is 10.5 Å². The van der Waals surface area contributed by atoms with E-state index in [2.05, 4.69) is 5.32 Å². The third-order valence-corrected chi connectivity index (χ3v) is 6.75. The molecule has 3 aromatic rings. The van der Waals surface area contributed by atoms with E-state index in [0.29, 0.717) is 10.5 Å². The van der Waals surface area contributed by atoms with Gasteiger partial charge in [-0.1, -0.05) is 84.6 Å². The number of benzene rings is 3. The number of carbonyl (C=O) groups excluding carboxylic acids is 2. The summed E-state index contributed by atoms with van der Waals surface area (Å²) >= 11 is 0.939. The fraction of sp³-hybridized carbons (Fsp3) is 0.120. The van der Waals surface area contributed by atoms with Crippen molar-refractivity contribution in [1.82, 2.24) is 5.32 Å². The second kappa shape index (κ2) is 8.25. The first-order valence-corrected chi connectivity index (χ1v) is 11.1. The Balaban J connectivity index is 1.66. The first-order valence-electron chi connectivity index (χ1n) is 10.3. The average molecular weight is 482 g/mol. The molecule has 0 spiro atoms. The quantitative estimate of drug-likeness (QED) is 0.414. The zero-order chi connectivity index (χ0) is 23.9. The molecule has 0 aromatic heterocycles. The molecule has 5 nitrogen and oxygen atoms in total. The summed E-state index contributed by atoms with van der Waals surface area (Å²) in [7, 11) is 0. The Bertz CT molecular complexity index is 1300. The lowest BCUT2D eigenvalue weighted by molar-refractivity contribution is -0.202. The minimum absolute atomic E-state index is 0.121. The minimum atomic E-state index is -4.92. The number of carbonyl (C=O) groups is 2. The van der Waals surface area contributed by atoms with E-state index in [-0.39, 0.29) is 22.9 Å². The first-order chi connectivity index (χ1) is 16.3. The van der Waals surface area contributed by atoms with Crippen LogP contribution in [0.2, 0.25) is 0 Å². The van der Waals surface area contributed by atoms with Crippen LogP contribution in [0.15, 0.2) is 100 Å². The number of anilines is 1. The van der Waals surface area contributed by atoms with Gasteiger partial charge in [0.25, 0.3) is 5.91 Å². The number of rotatable bonds is 4. The molecule has 3 aromatic carbocycles. The molecule has 2 aliphatic rings. The Morgan fingerprint density at radius 2 is 1.56 bits per heavy atom. The number of nitrogens with one attached hydrogen (secondary N) is 1. The fourth-order valence-electron chi connectivity index (χ4n) is 4.08. The molecule has 1 atom stereocenters. The number of alkyl halides is 3. The Hall–Kier alpha value is -3.72. The smallest absolute Gasteiger partial charge is 0.435 e. The Labute approximate surface area is 197 Å². The van der Waals surface area contributed by atoms with E-state index < -0.39 is 29.3 Å². The van der Waals surface area contributed by atoms with Crippen LogP contribution in [0.3, 0.4) is 0 Å². The van der Waals surface area contributed by atoms with Crippen LogP contribution >= 0.6 is 11.8 Å². The summed E-state index contributed by atoms with van der Waals surface area (Å²) in [6.45, 7) is -0.121. The van der Waals surface area contributed by atoms with Crippen LogP contribution < -0.4 is 10.2 Å². The van der Waals surface area contributed by atoms with Gasteiger partial charge in [-0.25, -0.2) is 4.79 Å². The average Bonchev–Trinajstić information content (AvgIpc) is 3.22. The van der Waals surface area contributed by atoms with Gasteiger partial charge >= 0.3 is 12.1 Å². The number of nitrogens with zero attached hydrogens (tertiary/aromatic N) is 1. The number of thioether (sulfide) groups is 1. The fourth-order valence-corrected chi connectivity index (χ4v) is 5.30. The summed E-state index contributed by atoms with van der Waals surface area (Å²) in [6.07, 6.45) is -4.92. The van der Waals surface area contributed by atoms with Gasteiger partial charge in [-0.2, -0.15) is 13.2 Å². The molecular weight excluding hydrogens is 465 g/mol. The van der Waals surface area contributed by atoms with Gasteiger partial charge in [0.2, 0.25) is 5.66 Å². The number of fused-ring (bicyclic) bond motifs is 3. The highest BCUT2D eigenvalue weighted by atomic mass is 32.2. The zero-order valence-corrected chi connectivity index (χ0v) is 18.3. The van der Waals surface area contributed by atoms with E-state index >= 15 is 0 Å². The highest BCUT2D eigenvalue weighted by Crippen LogP contribution is 2.57. The highest BCUT2D eigenvalue weighted by Gasteiger charge is 2.66. The predicted octanol–water partition coefficient (Wildman–Crippen LogP) is 5.10. The number of hydrogen-bond donors (Lipinski definition) is 1. The minimum Gasteiger partial charge on any atom is -0.457 e. The lowest BCUT2D eigenvalue weighted by atomic mass is 9.92. The van der Waals surface area contributed by atoms with E-state index in [9.17, 15) is 22.8 Å². The maximum atomic E-state index is 14.9. The van der Waals surface area contributed by atoms with Gasteiger partial charge in [-0.05, 0) is 17.7 Å². The second-order valence-corrected chi connectivity index (χ2v) is 8.71. The summed E-state index contributed by atoms with van der Waals surface area (Å²) in [5, 5.41) is 2.00. The number of halogens is 3. The van der Waals surface area contributed by atoms with E-state index in [4.69, 9.17) is 4.74 Å². The van der Waals surface area contributed by atoms with Crippen molar-refractivity contribution in [2.75, 3.05) is 4.90 Å². The number of para-hydroxylation sites is 1. The van der Waals surface area contributed by atoms with Crippen molar-refractivity contribution in [2.45, 2.75) is 23.3 Å². The predicted molar refractivity (Wildman–Crippen MR) is 120 cm³/mol. The van der Waals surface area contributed by atoms with Gasteiger partial charge in [0.05, 0.1) is 5.69 Å². The van der Waals surface area contributed by atoms with Crippen molar-refractivity contribution < 1.29 is 27.5 Å². The Kier molecular flexibility index (Phi) is 5.36. The second-order valence-electron chi connectivity index (χ2n) is 7.68. The van der Waals surface area contributed by atoms with Gasteiger partial charge in [-0.3, -0.25) is 9.69 Å². The number of hydrogen-bond acceptors (Lipinski definition) is 5. The molecule has 2 aliphatic heterocycles. The highest BCUT2D eigenvalue weighted by molar-refractivity contribution is 8.03. The molecule has 0 aliphatic carbocycles. The molecule has 0 fully saturated rings. The molecule has 9 heteroatoms. The maximum absolute atomic E-state index is 14.9. The van der Waals surface area contributed by atoms with Crippen molar-refractivity contribution >= 4 is 29.3 Å². The SMILES string of the molecule is O=C1N[C@](c2ccccc2)(C(F)(F)F)N2C(=C1C(=O)OCc1ccccc1)Sc1ccccc12. The number of esters is 1. The lowest BCUT2D eigenvalue weighted by Crippen LogP contribution is -2.68. The molecule has 34 heavy (non-hydrogen) atoms. The number of amides is 1. The van der Waals surface area contributed by atoms with Crippen molar-refractivity contribution in [3.8, 4) is 0 Å². The van der Waals surface area contributed by atoms with E-state index in [0.717, 1.165) is 16.7 Å². The summed E-state index contributed by atoms with van der Waals surface area (Å²) in [4.78, 5) is 27.7. The molecular formula is C25H17F3N2O3S. The zero-order valence-electron chi connectivity index (χ0n) is 17.5. The van der Waals surface area contributed by atoms with Crippen molar-refractivity contribution in [3.05, 3.63) is 107 Å². The molecule has 0 bridgehead atoms. The van der Waals surface area contributed by atoms with Crippen LogP contribution in [0.25, 0.3) is 0 Å². The van der Waals surface area contributed by atoms with Gasteiger partial charge in [0.1, 0.15) is 11.6 Å². The van der Waals surface area contributed by atoms with Crippen molar-refractivity contribution in [1.29, 1.82) is 0 Å². The largest absolute Gasteiger partial charge is 0.457 e. The normalized spacial score (nSPS) is 19.4. The van der Waals surface area contributed by atoms with Crippen LogP contribution in [0.4, 0.5) is 18.9 Å². The van der Waals surface area contributed by atoms with Crippen molar-refractivity contribution in [3.63, 3.8) is 0 Å². The maximum Gasteiger partial charge on any atom is 0.435 e. The van der Waals surface area contributed by atoms with Crippen LogP contribution in [0.5, 0.6) is 0 Å². The molecule has 0 unspecified atom stereocenters. The van der Waals surface area contributed by atoms with Crippen LogP contribution in [-0.2, 0) is 26.6 Å². The van der Waals surface area contributed by atoms with Crippen LogP contribution in [0, 0.1) is 0 Å². The molecule has 2 heterocycles. The topological polar surface area (TPSA) is 58.6 Å². The van der Waals surface area contributed by atoms with E-state index in [1.165, 1.54) is 30.3 Å². The molecule has 5 rings (SSSR count). The van der Waals surface area contributed by atoms with Crippen molar-refractivity contribution in [2.24, 2.45) is 0 Å². The monoisotopic (exact) mass is 482 g/mol. The van der Waals surface area contributed by atoms with Gasteiger partial charge in [0.15, 0.2) is 5.57 Å². The lowest BCUT2D eigenvalue weighted by Gasteiger charge is -2.47. The van der Waals surface area contributed by atoms with Gasteiger partial charge in [-0.15, -0.1) is 0 Å². The summed E-state index contributed by atoms with van der Waals surface area (Å²) in [6, 6.07) is 22.4. The van der Waals surface area contributed by atoms with Crippen LogP contribution in [-0.4, -0.2) is 18.1 Å². The third-order valence-electron chi connectivity index (χ3n) is 5.61. The molecule has 172 valence electrons. The third kappa shape index (κ3) is 3.43. The molecule has 0 radical (unpaired) electrons. The molecule has 0 saturated carbocycles. The van der Waals surface area contributed by atoms with Crippen LogP contribution in [0.1, 0.15) is 11.1 Å². The van der Waals surface area contributed by atoms with Gasteiger partial charge < -0.3 is 10.1 Å². The molecule has 1 amide bonds. The van der Waals surface area contributed by atoms with E-state index in [1.807, 2.05) is 0 Å². The standard InChI is InChI=1S/C25H17F3N2O3S/c26-25(27,28)24(17-11-5-2-6-12-17)29-21(31)20(23(32)33-15-16-9-3-1-4-10-16)22-30(24)18-13-7-8-14-19(18)34-22/h1-14H,15H2,(H,29,31)/t24-/m0/s1. The summed E-state index contributed by atoms with van der Waals surface area (Å²) in [5.74, 6) is -2.14. The summed E-state index contributed by atoms with van der Waals surface area (Å²) < 4.78 is 50.0. The van der Waals surface area contributed by atoms with E-state index in [1.54, 1.807) is 54.6 Å². The number of ether oxygens (including phenoxy) is 1.